The van der Waals surface area contributed by atoms with Crippen molar-refractivity contribution < 1.29 is 0 Å². The topological polar surface area (TPSA) is 15.6 Å². The summed E-state index contributed by atoms with van der Waals surface area (Å²) in [6, 6.07) is 19.5. The number of rotatable bonds is 4. The maximum Gasteiger partial charge on any atom is 0.102 e. The monoisotopic (exact) mass is 292 g/mol. The van der Waals surface area contributed by atoms with Crippen LogP contribution in [0.25, 0.3) is 0 Å². The highest BCUT2D eigenvalue weighted by Crippen LogP contribution is 2.32. The van der Waals surface area contributed by atoms with Crippen molar-refractivity contribution in [3.05, 3.63) is 71.3 Å². The molecule has 0 radical (unpaired) electrons. The summed E-state index contributed by atoms with van der Waals surface area (Å²) in [6.07, 6.45) is 3.46. The molecule has 0 amide bonds. The molecule has 1 aliphatic rings. The zero-order valence-electron chi connectivity index (χ0n) is 13.5. The first-order valence-corrected chi connectivity index (χ1v) is 8.20. The van der Waals surface area contributed by atoms with Crippen LogP contribution in [0.15, 0.2) is 59.6 Å². The summed E-state index contributed by atoms with van der Waals surface area (Å²) >= 11 is 0. The average molecular weight is 292 g/mol. The Bertz CT molecular complexity index is 646. The van der Waals surface area contributed by atoms with E-state index in [4.69, 9.17) is 4.99 Å². The number of nitrogens with zero attached hydrogens (tertiary/aromatic N) is 2. The Morgan fingerprint density at radius 3 is 2.55 bits per heavy atom. The van der Waals surface area contributed by atoms with Crippen molar-refractivity contribution in [2.24, 2.45) is 4.99 Å². The molecule has 0 saturated carbocycles. The summed E-state index contributed by atoms with van der Waals surface area (Å²) in [5, 5.41) is 0. The molecule has 0 N–H and O–H groups in total. The molecule has 1 heterocycles. The largest absolute Gasteiger partial charge is 0.359 e. The molecule has 0 saturated heterocycles. The molecule has 2 nitrogen and oxygen atoms in total. The fraction of sp³-hybridized carbons (Fsp3) is 0.350. The fourth-order valence-corrected chi connectivity index (χ4v) is 3.09. The van der Waals surface area contributed by atoms with Crippen molar-refractivity contribution in [1.29, 1.82) is 0 Å². The van der Waals surface area contributed by atoms with Crippen molar-refractivity contribution >= 4 is 5.84 Å². The lowest BCUT2D eigenvalue weighted by Crippen LogP contribution is -2.25. The Hall–Kier alpha value is -2.09. The number of fused-ring (bicyclic) bond motifs is 1. The van der Waals surface area contributed by atoms with Gasteiger partial charge >= 0.3 is 0 Å². The molecule has 2 heteroatoms. The predicted octanol–water partition coefficient (Wildman–Crippen LogP) is 4.81. The van der Waals surface area contributed by atoms with Crippen LogP contribution in [-0.4, -0.2) is 17.8 Å². The molecule has 0 unspecified atom stereocenters. The Morgan fingerprint density at radius 1 is 1.05 bits per heavy atom. The van der Waals surface area contributed by atoms with Gasteiger partial charge in [-0.25, -0.2) is 0 Å². The smallest absolute Gasteiger partial charge is 0.102 e. The van der Waals surface area contributed by atoms with E-state index in [0.717, 1.165) is 13.0 Å². The summed E-state index contributed by atoms with van der Waals surface area (Å²) in [6.45, 7) is 3.18. The minimum Gasteiger partial charge on any atom is -0.359 e. The Morgan fingerprint density at radius 2 is 1.77 bits per heavy atom. The molecule has 3 rings (SSSR count). The molecular weight excluding hydrogens is 268 g/mol. The van der Waals surface area contributed by atoms with Gasteiger partial charge in [0.25, 0.3) is 0 Å². The van der Waals surface area contributed by atoms with Gasteiger partial charge in [0.1, 0.15) is 11.9 Å². The highest BCUT2D eigenvalue weighted by molar-refractivity contribution is 5.83. The van der Waals surface area contributed by atoms with Crippen LogP contribution in [0.1, 0.15) is 48.9 Å². The Labute approximate surface area is 133 Å². The maximum atomic E-state index is 5.15. The molecule has 114 valence electrons. The first-order valence-electron chi connectivity index (χ1n) is 8.20. The minimum atomic E-state index is 0.120. The number of unbranched alkanes of at least 4 members (excludes halogenated alkanes) is 1. The van der Waals surface area contributed by atoms with Crippen LogP contribution < -0.4 is 0 Å². The van der Waals surface area contributed by atoms with E-state index in [-0.39, 0.29) is 6.04 Å². The predicted molar refractivity (Wildman–Crippen MR) is 93.2 cm³/mol. The van der Waals surface area contributed by atoms with Crippen molar-refractivity contribution in [3.8, 4) is 0 Å². The van der Waals surface area contributed by atoms with Gasteiger partial charge in [0, 0.05) is 20.0 Å². The highest BCUT2D eigenvalue weighted by atomic mass is 15.2. The van der Waals surface area contributed by atoms with E-state index >= 15 is 0 Å². The zero-order valence-corrected chi connectivity index (χ0v) is 13.5. The summed E-state index contributed by atoms with van der Waals surface area (Å²) in [7, 11) is 2.17. The molecule has 0 bridgehead atoms. The summed E-state index contributed by atoms with van der Waals surface area (Å²) in [4.78, 5) is 7.47. The second-order valence-electron chi connectivity index (χ2n) is 6.02. The van der Waals surface area contributed by atoms with Crippen LogP contribution in [0.4, 0.5) is 0 Å². The number of amidine groups is 1. The molecule has 2 aromatic carbocycles. The zero-order chi connectivity index (χ0) is 15.4. The lowest BCUT2D eigenvalue weighted by atomic mass is 9.95. The van der Waals surface area contributed by atoms with E-state index in [9.17, 15) is 0 Å². The van der Waals surface area contributed by atoms with Gasteiger partial charge < -0.3 is 4.90 Å². The molecule has 0 spiro atoms. The molecule has 22 heavy (non-hydrogen) atoms. The molecule has 0 aliphatic carbocycles. The normalized spacial score (nSPS) is 17.6. The summed E-state index contributed by atoms with van der Waals surface area (Å²) in [5.74, 6) is 1.23. The van der Waals surface area contributed by atoms with Gasteiger partial charge in [-0.15, -0.1) is 0 Å². The average Bonchev–Trinajstić information content (AvgIpc) is 2.70. The van der Waals surface area contributed by atoms with E-state index in [1.54, 1.807) is 0 Å². The van der Waals surface area contributed by atoms with Gasteiger partial charge in [0.2, 0.25) is 0 Å². The Kier molecular flexibility index (Phi) is 4.57. The third-order valence-electron chi connectivity index (χ3n) is 4.35. The third-order valence-corrected chi connectivity index (χ3v) is 4.35. The standard InChI is InChI=1S/C20H24N2/c1-3-4-14-19-21-20(16-10-6-5-7-11-16)18-13-9-8-12-17(18)15-22(19)2/h5-13,20H,3-4,14-15H2,1-2H3/t20-/m0/s1. The van der Waals surface area contributed by atoms with Crippen LogP contribution in [0.5, 0.6) is 0 Å². The van der Waals surface area contributed by atoms with E-state index in [2.05, 4.69) is 73.5 Å². The van der Waals surface area contributed by atoms with Crippen molar-refractivity contribution in [2.45, 2.75) is 38.8 Å². The van der Waals surface area contributed by atoms with E-state index in [0.29, 0.717) is 0 Å². The van der Waals surface area contributed by atoms with Crippen LogP contribution in [0.3, 0.4) is 0 Å². The molecule has 0 aromatic heterocycles. The fourth-order valence-electron chi connectivity index (χ4n) is 3.09. The van der Waals surface area contributed by atoms with Crippen LogP contribution >= 0.6 is 0 Å². The van der Waals surface area contributed by atoms with Gasteiger partial charge in [-0.3, -0.25) is 4.99 Å². The molecule has 1 atom stereocenters. The maximum absolute atomic E-state index is 5.15. The first-order chi connectivity index (χ1) is 10.8. The summed E-state index contributed by atoms with van der Waals surface area (Å²) < 4.78 is 0. The lowest BCUT2D eigenvalue weighted by molar-refractivity contribution is 0.487. The van der Waals surface area contributed by atoms with Gasteiger partial charge in [-0.05, 0) is 23.1 Å². The lowest BCUT2D eigenvalue weighted by Gasteiger charge is -2.19. The number of hydrogen-bond acceptors (Lipinski definition) is 2. The van der Waals surface area contributed by atoms with Gasteiger partial charge in [0.15, 0.2) is 0 Å². The van der Waals surface area contributed by atoms with Gasteiger partial charge in [-0.2, -0.15) is 0 Å². The van der Waals surface area contributed by atoms with Crippen LogP contribution in [0.2, 0.25) is 0 Å². The first kappa shape index (κ1) is 14.8. The number of benzene rings is 2. The second kappa shape index (κ2) is 6.78. The van der Waals surface area contributed by atoms with E-state index in [1.165, 1.54) is 35.4 Å². The molecule has 1 aliphatic heterocycles. The molecule has 2 aromatic rings. The van der Waals surface area contributed by atoms with Crippen molar-refractivity contribution in [1.82, 2.24) is 4.90 Å². The van der Waals surface area contributed by atoms with E-state index in [1.807, 2.05) is 0 Å². The second-order valence-corrected chi connectivity index (χ2v) is 6.02. The minimum absolute atomic E-state index is 0.120. The highest BCUT2D eigenvalue weighted by Gasteiger charge is 2.22. The number of hydrogen-bond donors (Lipinski definition) is 0. The Balaban J connectivity index is 2.06. The van der Waals surface area contributed by atoms with Crippen LogP contribution in [-0.2, 0) is 6.54 Å². The molecule has 0 fully saturated rings. The third kappa shape index (κ3) is 3.06. The van der Waals surface area contributed by atoms with Crippen LogP contribution in [0, 0.1) is 0 Å². The number of aliphatic imine (C=N–C) groups is 1. The van der Waals surface area contributed by atoms with Gasteiger partial charge in [-0.1, -0.05) is 67.9 Å². The molecular formula is C20H24N2. The van der Waals surface area contributed by atoms with E-state index < -0.39 is 0 Å². The summed E-state index contributed by atoms with van der Waals surface area (Å²) in [5.41, 5.74) is 4.00. The SMILES string of the molecule is CCCCC1=N[C@@H](c2ccccc2)c2ccccc2CN1C. The quantitative estimate of drug-likeness (QED) is 0.789. The van der Waals surface area contributed by atoms with Crippen molar-refractivity contribution in [3.63, 3.8) is 0 Å². The van der Waals surface area contributed by atoms with Crippen molar-refractivity contribution in [2.75, 3.05) is 7.05 Å². The van der Waals surface area contributed by atoms with Gasteiger partial charge in [0.05, 0.1) is 0 Å².